The van der Waals surface area contributed by atoms with Gasteiger partial charge in [-0.3, -0.25) is 5.10 Å². The maximum atomic E-state index is 12.1. The molecule has 2 aliphatic rings. The van der Waals surface area contributed by atoms with Crippen LogP contribution in [0.1, 0.15) is 49.9 Å². The molecule has 3 atom stereocenters. The SMILES string of the molecule is C[C@H]1CCN1C(=O)O[C@@H]1CC[C@H](c2cc(Nc3cnc(C#N)cn3)[nH]n2)C1. The van der Waals surface area contributed by atoms with Crippen LogP contribution in [0.3, 0.4) is 0 Å². The number of nitriles is 1. The zero-order chi connectivity index (χ0) is 18.8. The third kappa shape index (κ3) is 3.69. The van der Waals surface area contributed by atoms with Crippen molar-refractivity contribution in [1.29, 1.82) is 5.26 Å². The molecular weight excluding hydrogens is 346 g/mol. The van der Waals surface area contributed by atoms with Crippen LogP contribution in [0.25, 0.3) is 0 Å². The first-order valence-electron chi connectivity index (χ1n) is 9.14. The molecule has 4 rings (SSSR count). The van der Waals surface area contributed by atoms with Crippen molar-refractivity contribution in [2.45, 2.75) is 50.7 Å². The van der Waals surface area contributed by atoms with Gasteiger partial charge in [0.2, 0.25) is 0 Å². The Kier molecular flexibility index (Phi) is 4.62. The lowest BCUT2D eigenvalue weighted by Crippen LogP contribution is -2.50. The van der Waals surface area contributed by atoms with Gasteiger partial charge in [0.25, 0.3) is 0 Å². The molecule has 0 unspecified atom stereocenters. The predicted molar refractivity (Wildman–Crippen MR) is 96.3 cm³/mol. The number of aromatic nitrogens is 4. The molecule has 2 aromatic rings. The van der Waals surface area contributed by atoms with Gasteiger partial charge in [0, 0.05) is 24.6 Å². The molecule has 2 fully saturated rings. The van der Waals surface area contributed by atoms with E-state index >= 15 is 0 Å². The summed E-state index contributed by atoms with van der Waals surface area (Å²) in [6, 6.07) is 4.16. The lowest BCUT2D eigenvalue weighted by Gasteiger charge is -2.38. The predicted octanol–water partition coefficient (Wildman–Crippen LogP) is 2.68. The van der Waals surface area contributed by atoms with E-state index in [2.05, 4.69) is 25.5 Å². The van der Waals surface area contributed by atoms with Gasteiger partial charge in [-0.25, -0.2) is 14.8 Å². The first-order valence-corrected chi connectivity index (χ1v) is 9.14. The first-order chi connectivity index (χ1) is 13.1. The minimum Gasteiger partial charge on any atom is -0.446 e. The van der Waals surface area contributed by atoms with Gasteiger partial charge >= 0.3 is 6.09 Å². The van der Waals surface area contributed by atoms with E-state index < -0.39 is 0 Å². The third-order valence-corrected chi connectivity index (χ3v) is 5.25. The van der Waals surface area contributed by atoms with Crippen LogP contribution >= 0.6 is 0 Å². The molecule has 27 heavy (non-hydrogen) atoms. The van der Waals surface area contributed by atoms with E-state index in [0.717, 1.165) is 37.9 Å². The largest absolute Gasteiger partial charge is 0.446 e. The second-order valence-electron chi connectivity index (χ2n) is 7.08. The molecule has 2 aromatic heterocycles. The number of amides is 1. The van der Waals surface area contributed by atoms with E-state index in [1.807, 2.05) is 19.1 Å². The standard InChI is InChI=1S/C18H21N7O2/c1-11-4-5-25(11)18(26)27-14-3-2-12(6-14)15-7-16(24-23-15)22-17-10-20-13(8-19)9-21-17/h7,9-12,14H,2-6H2,1H3,(H2,21,22,23,24)/t11-,12-,14+/m0/s1. The Morgan fingerprint density at radius 2 is 2.26 bits per heavy atom. The number of likely N-dealkylation sites (tertiary alicyclic amines) is 1. The van der Waals surface area contributed by atoms with Crippen LogP contribution in [-0.2, 0) is 4.74 Å². The van der Waals surface area contributed by atoms with E-state index in [9.17, 15) is 4.79 Å². The molecule has 0 spiro atoms. The molecule has 0 radical (unpaired) electrons. The molecule has 0 bridgehead atoms. The minimum atomic E-state index is -0.192. The van der Waals surface area contributed by atoms with Crippen molar-refractivity contribution in [3.05, 3.63) is 29.8 Å². The van der Waals surface area contributed by atoms with Gasteiger partial charge in [-0.2, -0.15) is 10.4 Å². The molecule has 1 amide bonds. The Labute approximate surface area is 156 Å². The lowest BCUT2D eigenvalue weighted by molar-refractivity contribution is 0.0281. The number of nitrogens with one attached hydrogen (secondary N) is 2. The van der Waals surface area contributed by atoms with Crippen molar-refractivity contribution >= 4 is 17.7 Å². The summed E-state index contributed by atoms with van der Waals surface area (Å²) < 4.78 is 5.65. The minimum absolute atomic E-state index is 0.0483. The smallest absolute Gasteiger partial charge is 0.410 e. The molecule has 1 saturated carbocycles. The molecule has 3 heterocycles. The van der Waals surface area contributed by atoms with Gasteiger partial charge < -0.3 is 15.0 Å². The third-order valence-electron chi connectivity index (χ3n) is 5.25. The molecule has 1 aliphatic carbocycles. The van der Waals surface area contributed by atoms with Crippen LogP contribution in [0, 0.1) is 11.3 Å². The Morgan fingerprint density at radius 1 is 1.37 bits per heavy atom. The Hall–Kier alpha value is -3.15. The highest BCUT2D eigenvalue weighted by molar-refractivity contribution is 5.69. The van der Waals surface area contributed by atoms with Crippen molar-refractivity contribution in [3.8, 4) is 6.07 Å². The van der Waals surface area contributed by atoms with Crippen molar-refractivity contribution in [1.82, 2.24) is 25.1 Å². The number of carbonyl (C=O) groups excluding carboxylic acids is 1. The fraction of sp³-hybridized carbons (Fsp3) is 0.500. The quantitative estimate of drug-likeness (QED) is 0.852. The Bertz CT molecular complexity index is 857. The van der Waals surface area contributed by atoms with E-state index in [4.69, 9.17) is 10.00 Å². The zero-order valence-electron chi connectivity index (χ0n) is 15.1. The summed E-state index contributed by atoms with van der Waals surface area (Å²) in [6.07, 6.45) is 6.31. The number of hydrogen-bond acceptors (Lipinski definition) is 7. The number of nitrogens with zero attached hydrogens (tertiary/aromatic N) is 5. The second-order valence-corrected chi connectivity index (χ2v) is 7.08. The van der Waals surface area contributed by atoms with Crippen LogP contribution in [0.5, 0.6) is 0 Å². The summed E-state index contributed by atoms with van der Waals surface area (Å²) in [7, 11) is 0. The molecule has 9 heteroatoms. The molecule has 2 N–H and O–H groups in total. The van der Waals surface area contributed by atoms with Crippen molar-refractivity contribution in [2.24, 2.45) is 0 Å². The highest BCUT2D eigenvalue weighted by Gasteiger charge is 2.34. The average Bonchev–Trinajstić information content (AvgIpc) is 3.30. The summed E-state index contributed by atoms with van der Waals surface area (Å²) in [6.45, 7) is 2.83. The second kappa shape index (κ2) is 7.23. The van der Waals surface area contributed by atoms with Crippen LogP contribution in [0.2, 0.25) is 0 Å². The Balaban J connectivity index is 1.32. The topological polar surface area (TPSA) is 120 Å². The number of hydrogen-bond donors (Lipinski definition) is 2. The fourth-order valence-corrected chi connectivity index (χ4v) is 3.51. The van der Waals surface area contributed by atoms with Crippen molar-refractivity contribution < 1.29 is 9.53 Å². The Morgan fingerprint density at radius 3 is 2.93 bits per heavy atom. The van der Waals surface area contributed by atoms with E-state index in [-0.39, 0.29) is 23.8 Å². The normalized spacial score (nSPS) is 24.1. The summed E-state index contributed by atoms with van der Waals surface area (Å²) in [5.41, 5.74) is 1.21. The fourth-order valence-electron chi connectivity index (χ4n) is 3.51. The van der Waals surface area contributed by atoms with Crippen LogP contribution < -0.4 is 5.32 Å². The number of anilines is 2. The van der Waals surface area contributed by atoms with Crippen molar-refractivity contribution in [2.75, 3.05) is 11.9 Å². The van der Waals surface area contributed by atoms with Crippen LogP contribution in [0.4, 0.5) is 16.4 Å². The van der Waals surface area contributed by atoms with Crippen LogP contribution in [0.15, 0.2) is 18.5 Å². The van der Waals surface area contributed by atoms with Gasteiger partial charge in [0.05, 0.1) is 18.1 Å². The molecule has 9 nitrogen and oxygen atoms in total. The summed E-state index contributed by atoms with van der Waals surface area (Å²) in [4.78, 5) is 22.0. The first kappa shape index (κ1) is 17.3. The molecular formula is C18H21N7O2. The average molecular weight is 367 g/mol. The summed E-state index contributed by atoms with van der Waals surface area (Å²) in [5, 5.41) is 19.2. The monoisotopic (exact) mass is 367 g/mol. The molecule has 0 aromatic carbocycles. The summed E-state index contributed by atoms with van der Waals surface area (Å²) in [5.74, 6) is 1.50. The number of carbonyl (C=O) groups is 1. The van der Waals surface area contributed by atoms with Crippen molar-refractivity contribution in [3.63, 3.8) is 0 Å². The molecule has 140 valence electrons. The lowest BCUT2D eigenvalue weighted by atomic mass is 10.0. The summed E-state index contributed by atoms with van der Waals surface area (Å²) >= 11 is 0. The van der Waals surface area contributed by atoms with Gasteiger partial charge in [-0.15, -0.1) is 0 Å². The van der Waals surface area contributed by atoms with Gasteiger partial charge in [0.15, 0.2) is 5.69 Å². The maximum Gasteiger partial charge on any atom is 0.410 e. The number of aromatic amines is 1. The molecule has 1 aliphatic heterocycles. The van der Waals surface area contributed by atoms with Crippen LogP contribution in [-0.4, -0.2) is 49.8 Å². The van der Waals surface area contributed by atoms with E-state index in [1.165, 1.54) is 12.4 Å². The number of rotatable bonds is 4. The highest BCUT2D eigenvalue weighted by atomic mass is 16.6. The van der Waals surface area contributed by atoms with Gasteiger partial charge in [-0.05, 0) is 32.6 Å². The van der Waals surface area contributed by atoms with Gasteiger partial charge in [-0.1, -0.05) is 0 Å². The zero-order valence-corrected chi connectivity index (χ0v) is 15.1. The molecule has 1 saturated heterocycles. The van der Waals surface area contributed by atoms with E-state index in [0.29, 0.717) is 17.7 Å². The highest BCUT2D eigenvalue weighted by Crippen LogP contribution is 2.36. The van der Waals surface area contributed by atoms with Gasteiger partial charge in [0.1, 0.15) is 23.8 Å². The van der Waals surface area contributed by atoms with E-state index in [1.54, 1.807) is 4.90 Å². The number of ether oxygens (including phenoxy) is 1. The maximum absolute atomic E-state index is 12.1. The number of H-pyrrole nitrogens is 1.